The molecule has 84 valence electrons. The predicted molar refractivity (Wildman–Crippen MR) is 52.2 cm³/mol. The van der Waals surface area contributed by atoms with Gasteiger partial charge in [-0.05, 0) is 25.2 Å². The number of ether oxygens (including phenoxy) is 1. The van der Waals surface area contributed by atoms with E-state index >= 15 is 0 Å². The molecular weight excluding hydrogens is 194 g/mol. The van der Waals surface area contributed by atoms with Crippen molar-refractivity contribution in [1.82, 2.24) is 5.48 Å². The molecule has 2 N–H and O–H groups in total. The van der Waals surface area contributed by atoms with Crippen molar-refractivity contribution in [3.05, 3.63) is 0 Å². The van der Waals surface area contributed by atoms with Crippen LogP contribution in [-0.2, 0) is 9.53 Å². The van der Waals surface area contributed by atoms with Gasteiger partial charge in [0.2, 0.25) is 0 Å². The quantitative estimate of drug-likeness (QED) is 0.504. The lowest BCUT2D eigenvalue weighted by Gasteiger charge is -2.39. The maximum absolute atomic E-state index is 11.8. The third kappa shape index (κ3) is 0.712. The van der Waals surface area contributed by atoms with Gasteiger partial charge in [0.1, 0.15) is 0 Å². The topological polar surface area (TPSA) is 58.6 Å². The van der Waals surface area contributed by atoms with Crippen LogP contribution in [0.4, 0.5) is 0 Å². The summed E-state index contributed by atoms with van der Waals surface area (Å²) in [4.78, 5) is 11.8. The third-order valence-corrected chi connectivity index (χ3v) is 5.67. The molecule has 0 aromatic heterocycles. The van der Waals surface area contributed by atoms with E-state index in [2.05, 4.69) is 13.8 Å². The molecule has 4 bridgehead atoms. The van der Waals surface area contributed by atoms with Crippen molar-refractivity contribution in [3.63, 3.8) is 0 Å². The Morgan fingerprint density at radius 3 is 2.80 bits per heavy atom. The van der Waals surface area contributed by atoms with Gasteiger partial charge in [0.25, 0.3) is 5.91 Å². The van der Waals surface area contributed by atoms with Gasteiger partial charge in [0, 0.05) is 10.8 Å². The van der Waals surface area contributed by atoms with Gasteiger partial charge < -0.3 is 4.74 Å². The fraction of sp³-hybridized carbons (Fsp3) is 0.909. The highest BCUT2D eigenvalue weighted by Gasteiger charge is 2.78. The molecule has 2 aliphatic carbocycles. The molecule has 4 heteroatoms. The smallest absolute Gasteiger partial charge is 0.276 e. The van der Waals surface area contributed by atoms with Crippen molar-refractivity contribution in [2.45, 2.75) is 38.7 Å². The van der Waals surface area contributed by atoms with Crippen LogP contribution >= 0.6 is 0 Å². The van der Waals surface area contributed by atoms with E-state index in [1.807, 2.05) is 0 Å². The first-order valence-electron chi connectivity index (χ1n) is 5.59. The molecule has 2 saturated carbocycles. The van der Waals surface area contributed by atoms with Crippen LogP contribution in [0, 0.1) is 16.7 Å². The number of rotatable bonds is 1. The monoisotopic (exact) mass is 211 g/mol. The van der Waals surface area contributed by atoms with Crippen LogP contribution in [-0.4, -0.2) is 23.3 Å². The SMILES string of the molecule is C[C@@]12CC[C@@H]3C[C@]1(C(=O)NO)OC[C@]32C. The van der Waals surface area contributed by atoms with Gasteiger partial charge >= 0.3 is 0 Å². The van der Waals surface area contributed by atoms with Crippen molar-refractivity contribution < 1.29 is 14.7 Å². The first-order valence-corrected chi connectivity index (χ1v) is 5.59. The molecule has 3 aliphatic rings. The number of hydroxylamine groups is 1. The van der Waals surface area contributed by atoms with Crippen LogP contribution in [0.3, 0.4) is 0 Å². The minimum absolute atomic E-state index is 0.0997. The second-order valence-corrected chi connectivity index (χ2v) is 5.75. The third-order valence-electron chi connectivity index (χ3n) is 5.67. The summed E-state index contributed by atoms with van der Waals surface area (Å²) < 4.78 is 5.76. The van der Waals surface area contributed by atoms with Crippen molar-refractivity contribution in [2.24, 2.45) is 16.7 Å². The molecule has 15 heavy (non-hydrogen) atoms. The second-order valence-electron chi connectivity index (χ2n) is 5.75. The first-order chi connectivity index (χ1) is 7.00. The van der Waals surface area contributed by atoms with Crippen LogP contribution < -0.4 is 5.48 Å². The van der Waals surface area contributed by atoms with E-state index in [-0.39, 0.29) is 16.7 Å². The number of carbonyl (C=O) groups excluding carboxylic acids is 1. The summed E-state index contributed by atoms with van der Waals surface area (Å²) in [7, 11) is 0. The average Bonchev–Trinajstić information content (AvgIpc) is 2.70. The van der Waals surface area contributed by atoms with Crippen LogP contribution in [0.2, 0.25) is 0 Å². The van der Waals surface area contributed by atoms with Crippen LogP contribution in [0.25, 0.3) is 0 Å². The van der Waals surface area contributed by atoms with E-state index in [0.29, 0.717) is 12.5 Å². The van der Waals surface area contributed by atoms with E-state index in [4.69, 9.17) is 9.94 Å². The molecule has 0 aromatic carbocycles. The summed E-state index contributed by atoms with van der Waals surface area (Å²) >= 11 is 0. The van der Waals surface area contributed by atoms with Gasteiger partial charge in [0.05, 0.1) is 6.61 Å². The predicted octanol–water partition coefficient (Wildman–Crippen LogP) is 1.09. The Morgan fingerprint density at radius 2 is 2.27 bits per heavy atom. The van der Waals surface area contributed by atoms with E-state index < -0.39 is 5.60 Å². The van der Waals surface area contributed by atoms with Crippen molar-refractivity contribution in [1.29, 1.82) is 0 Å². The summed E-state index contributed by atoms with van der Waals surface area (Å²) in [6.07, 6.45) is 2.99. The lowest BCUT2D eigenvalue weighted by atomic mass is 9.66. The van der Waals surface area contributed by atoms with Gasteiger partial charge in [0.15, 0.2) is 5.60 Å². The largest absolute Gasteiger partial charge is 0.364 e. The van der Waals surface area contributed by atoms with E-state index in [0.717, 1.165) is 12.8 Å². The lowest BCUT2D eigenvalue weighted by Crippen LogP contribution is -2.54. The van der Waals surface area contributed by atoms with Gasteiger partial charge in [-0.1, -0.05) is 13.8 Å². The first kappa shape index (κ1) is 9.60. The van der Waals surface area contributed by atoms with Crippen LogP contribution in [0.1, 0.15) is 33.1 Å². The van der Waals surface area contributed by atoms with Crippen molar-refractivity contribution in [2.75, 3.05) is 6.61 Å². The molecule has 1 amide bonds. The zero-order valence-corrected chi connectivity index (χ0v) is 9.17. The van der Waals surface area contributed by atoms with Gasteiger partial charge in [-0.25, -0.2) is 5.48 Å². The molecule has 3 fully saturated rings. The maximum atomic E-state index is 11.8. The summed E-state index contributed by atoms with van der Waals surface area (Å²) in [5.74, 6) is 0.226. The van der Waals surface area contributed by atoms with Crippen LogP contribution in [0.15, 0.2) is 0 Å². The van der Waals surface area contributed by atoms with Gasteiger partial charge in [-0.3, -0.25) is 10.0 Å². The number of nitrogens with one attached hydrogen (secondary N) is 1. The Kier molecular flexibility index (Phi) is 1.52. The summed E-state index contributed by atoms with van der Waals surface area (Å²) in [5, 5.41) is 8.86. The van der Waals surface area contributed by atoms with E-state index in [9.17, 15) is 4.79 Å². The highest BCUT2D eigenvalue weighted by Crippen LogP contribution is 2.74. The normalized spacial score (nSPS) is 56.1. The highest BCUT2D eigenvalue weighted by molar-refractivity contribution is 5.87. The zero-order chi connectivity index (χ0) is 10.9. The molecule has 0 spiro atoms. The minimum Gasteiger partial charge on any atom is -0.364 e. The molecule has 0 radical (unpaired) electrons. The standard InChI is InChI=1S/C11H17NO3/c1-9-6-15-11(8(13)12-14)5-7(9)3-4-10(9,11)2/h7,14H,3-6H2,1-2H3,(H,12,13)/t7-,9-,10+,11-/m1/s1. The highest BCUT2D eigenvalue weighted by atomic mass is 16.5. The Bertz CT molecular complexity index is 345. The van der Waals surface area contributed by atoms with E-state index in [1.54, 1.807) is 5.48 Å². The van der Waals surface area contributed by atoms with Crippen LogP contribution in [0.5, 0.6) is 0 Å². The summed E-state index contributed by atoms with van der Waals surface area (Å²) in [5.41, 5.74) is 1.05. The van der Waals surface area contributed by atoms with Gasteiger partial charge in [-0.15, -0.1) is 0 Å². The number of carbonyl (C=O) groups is 1. The fourth-order valence-corrected chi connectivity index (χ4v) is 4.35. The summed E-state index contributed by atoms with van der Waals surface area (Å²) in [6.45, 7) is 5.02. The van der Waals surface area contributed by atoms with Crippen molar-refractivity contribution in [3.8, 4) is 0 Å². The average molecular weight is 211 g/mol. The second kappa shape index (κ2) is 2.38. The molecule has 1 saturated heterocycles. The minimum atomic E-state index is -0.764. The Labute approximate surface area is 88.9 Å². The maximum Gasteiger partial charge on any atom is 0.276 e. The molecule has 1 heterocycles. The molecule has 4 atom stereocenters. The van der Waals surface area contributed by atoms with E-state index in [1.165, 1.54) is 6.42 Å². The zero-order valence-electron chi connectivity index (χ0n) is 9.17. The molecule has 1 aliphatic heterocycles. The molecule has 4 nitrogen and oxygen atoms in total. The number of amides is 1. The molecule has 0 unspecified atom stereocenters. The molecular formula is C11H17NO3. The fourth-order valence-electron chi connectivity index (χ4n) is 4.35. The Balaban J connectivity index is 2.12. The number of hydrogen-bond acceptors (Lipinski definition) is 3. The van der Waals surface area contributed by atoms with Crippen molar-refractivity contribution >= 4 is 5.91 Å². The Morgan fingerprint density at radius 1 is 1.53 bits per heavy atom. The lowest BCUT2D eigenvalue weighted by molar-refractivity contribution is -0.164. The molecule has 3 rings (SSSR count). The number of hydrogen-bond donors (Lipinski definition) is 2. The molecule has 0 aromatic rings. The Hall–Kier alpha value is -0.610. The summed E-state index contributed by atoms with van der Waals surface area (Å²) in [6, 6.07) is 0. The van der Waals surface area contributed by atoms with Gasteiger partial charge in [-0.2, -0.15) is 0 Å².